The molecule has 92 valence electrons. The molecule has 0 bridgehead atoms. The first-order valence-corrected chi connectivity index (χ1v) is 6.53. The van der Waals surface area contributed by atoms with Crippen LogP contribution in [0, 0.1) is 0 Å². The van der Waals surface area contributed by atoms with Crippen molar-refractivity contribution in [1.82, 2.24) is 5.32 Å². The van der Waals surface area contributed by atoms with Gasteiger partial charge in [-0.1, -0.05) is 28.1 Å². The number of rotatable bonds is 3. The highest BCUT2D eigenvalue weighted by Gasteiger charge is 2.41. The quantitative estimate of drug-likeness (QED) is 0.870. The Balaban J connectivity index is 2.21. The molecule has 2 rings (SSSR count). The van der Waals surface area contributed by atoms with E-state index in [1.807, 2.05) is 24.3 Å². The number of hydrogen-bond acceptors (Lipinski definition) is 3. The lowest BCUT2D eigenvalue weighted by atomic mass is 9.89. The molecule has 0 radical (unpaired) electrons. The normalized spacial score (nSPS) is 23.6. The predicted octanol–water partition coefficient (Wildman–Crippen LogP) is 2.29. The van der Waals surface area contributed by atoms with Gasteiger partial charge >= 0.3 is 5.97 Å². The van der Waals surface area contributed by atoms with Crippen molar-refractivity contribution in [3.05, 3.63) is 34.3 Å². The number of benzene rings is 1. The minimum absolute atomic E-state index is 0.157. The second-order valence-corrected chi connectivity index (χ2v) is 5.33. The second kappa shape index (κ2) is 5.19. The van der Waals surface area contributed by atoms with Gasteiger partial charge in [0, 0.05) is 10.9 Å². The average molecular weight is 298 g/mol. The Morgan fingerprint density at radius 2 is 2.41 bits per heavy atom. The fraction of sp³-hybridized carbons (Fsp3) is 0.462. The van der Waals surface area contributed by atoms with E-state index in [1.165, 1.54) is 7.11 Å². The third kappa shape index (κ3) is 2.69. The summed E-state index contributed by atoms with van der Waals surface area (Å²) in [5.74, 6) is -0.157. The maximum atomic E-state index is 11.9. The monoisotopic (exact) mass is 297 g/mol. The Labute approximate surface area is 110 Å². The Morgan fingerprint density at radius 1 is 1.59 bits per heavy atom. The van der Waals surface area contributed by atoms with E-state index >= 15 is 0 Å². The predicted molar refractivity (Wildman–Crippen MR) is 69.8 cm³/mol. The summed E-state index contributed by atoms with van der Waals surface area (Å²) < 4.78 is 5.96. The van der Waals surface area contributed by atoms with Crippen LogP contribution >= 0.6 is 15.9 Å². The van der Waals surface area contributed by atoms with Gasteiger partial charge in [-0.3, -0.25) is 4.79 Å². The van der Waals surface area contributed by atoms with E-state index in [2.05, 4.69) is 21.2 Å². The fourth-order valence-electron chi connectivity index (χ4n) is 2.39. The van der Waals surface area contributed by atoms with Crippen LogP contribution in [-0.2, 0) is 16.0 Å². The molecule has 0 saturated carbocycles. The fourth-order valence-corrected chi connectivity index (χ4v) is 2.84. The first-order valence-electron chi connectivity index (χ1n) is 5.74. The van der Waals surface area contributed by atoms with E-state index in [-0.39, 0.29) is 5.97 Å². The van der Waals surface area contributed by atoms with Crippen LogP contribution in [0.5, 0.6) is 0 Å². The highest BCUT2D eigenvalue weighted by Crippen LogP contribution is 2.26. The van der Waals surface area contributed by atoms with Crippen molar-refractivity contribution in [2.75, 3.05) is 13.7 Å². The molecule has 17 heavy (non-hydrogen) atoms. The summed E-state index contributed by atoms with van der Waals surface area (Å²) in [6.07, 6.45) is 2.54. The lowest BCUT2D eigenvalue weighted by Crippen LogP contribution is -2.50. The molecule has 1 atom stereocenters. The molecule has 0 amide bonds. The lowest BCUT2D eigenvalue weighted by Gasteiger charge is -2.26. The van der Waals surface area contributed by atoms with Crippen LogP contribution in [0.25, 0.3) is 0 Å². The highest BCUT2D eigenvalue weighted by molar-refractivity contribution is 9.10. The minimum atomic E-state index is -0.532. The Kier molecular flexibility index (Phi) is 3.84. The molecular formula is C13H16BrNO2. The summed E-state index contributed by atoms with van der Waals surface area (Å²) in [5, 5.41) is 3.30. The molecule has 0 aliphatic carbocycles. The summed E-state index contributed by atoms with van der Waals surface area (Å²) in [4.78, 5) is 11.9. The SMILES string of the molecule is COC(=O)[C@]1(Cc2cccc(Br)c2)CCCN1. The Morgan fingerprint density at radius 3 is 3.00 bits per heavy atom. The minimum Gasteiger partial charge on any atom is -0.468 e. The second-order valence-electron chi connectivity index (χ2n) is 4.41. The molecule has 0 unspecified atom stereocenters. The van der Waals surface area contributed by atoms with Gasteiger partial charge in [-0.15, -0.1) is 0 Å². The van der Waals surface area contributed by atoms with Gasteiger partial charge in [0.1, 0.15) is 5.54 Å². The summed E-state index contributed by atoms with van der Waals surface area (Å²) >= 11 is 3.45. The van der Waals surface area contributed by atoms with Crippen molar-refractivity contribution >= 4 is 21.9 Å². The summed E-state index contributed by atoms with van der Waals surface area (Å²) in [7, 11) is 1.45. The highest BCUT2D eigenvalue weighted by atomic mass is 79.9. The zero-order valence-electron chi connectivity index (χ0n) is 9.83. The zero-order chi connectivity index (χ0) is 12.3. The van der Waals surface area contributed by atoms with Crippen LogP contribution in [0.15, 0.2) is 28.7 Å². The molecule has 0 aromatic heterocycles. The standard InChI is InChI=1S/C13H16BrNO2/c1-17-12(16)13(6-3-7-15-13)9-10-4-2-5-11(14)8-10/h2,4-5,8,15H,3,6-7,9H2,1H3/t13-/m1/s1. The van der Waals surface area contributed by atoms with Gasteiger partial charge < -0.3 is 10.1 Å². The van der Waals surface area contributed by atoms with Gasteiger partial charge in [0.15, 0.2) is 0 Å². The van der Waals surface area contributed by atoms with Gasteiger partial charge in [0.2, 0.25) is 0 Å². The maximum Gasteiger partial charge on any atom is 0.326 e. The lowest BCUT2D eigenvalue weighted by molar-refractivity contribution is -0.148. The molecule has 4 heteroatoms. The van der Waals surface area contributed by atoms with Crippen molar-refractivity contribution in [2.24, 2.45) is 0 Å². The van der Waals surface area contributed by atoms with Gasteiger partial charge in [-0.05, 0) is 37.1 Å². The average Bonchev–Trinajstić information content (AvgIpc) is 2.78. The van der Waals surface area contributed by atoms with E-state index in [4.69, 9.17) is 4.74 Å². The number of hydrogen-bond donors (Lipinski definition) is 1. The molecule has 1 aliphatic rings. The van der Waals surface area contributed by atoms with Crippen molar-refractivity contribution in [1.29, 1.82) is 0 Å². The van der Waals surface area contributed by atoms with Crippen LogP contribution in [0.3, 0.4) is 0 Å². The van der Waals surface area contributed by atoms with E-state index in [0.29, 0.717) is 6.42 Å². The van der Waals surface area contributed by atoms with Gasteiger partial charge in [0.05, 0.1) is 7.11 Å². The van der Waals surface area contributed by atoms with E-state index in [9.17, 15) is 4.79 Å². The van der Waals surface area contributed by atoms with Gasteiger partial charge in [0.25, 0.3) is 0 Å². The number of carbonyl (C=O) groups is 1. The molecule has 3 nitrogen and oxygen atoms in total. The summed E-state index contributed by atoms with van der Waals surface area (Å²) in [6, 6.07) is 8.05. The molecule has 1 N–H and O–H groups in total. The van der Waals surface area contributed by atoms with Gasteiger partial charge in [-0.2, -0.15) is 0 Å². The zero-order valence-corrected chi connectivity index (χ0v) is 11.4. The summed E-state index contributed by atoms with van der Waals surface area (Å²) in [5.41, 5.74) is 0.606. The number of esters is 1. The van der Waals surface area contributed by atoms with Crippen molar-refractivity contribution in [2.45, 2.75) is 24.8 Å². The van der Waals surface area contributed by atoms with E-state index in [1.54, 1.807) is 0 Å². The van der Waals surface area contributed by atoms with Crippen LogP contribution in [-0.4, -0.2) is 25.2 Å². The molecule has 1 saturated heterocycles. The molecule has 1 aromatic rings. The van der Waals surface area contributed by atoms with E-state index < -0.39 is 5.54 Å². The third-order valence-corrected chi connectivity index (χ3v) is 3.71. The molecule has 1 aliphatic heterocycles. The Hall–Kier alpha value is -0.870. The van der Waals surface area contributed by atoms with Crippen LogP contribution in [0.2, 0.25) is 0 Å². The van der Waals surface area contributed by atoms with Crippen molar-refractivity contribution in [3.8, 4) is 0 Å². The van der Waals surface area contributed by atoms with Gasteiger partial charge in [-0.25, -0.2) is 0 Å². The smallest absolute Gasteiger partial charge is 0.326 e. The number of halogens is 1. The molecule has 1 aromatic carbocycles. The largest absolute Gasteiger partial charge is 0.468 e. The number of ether oxygens (including phenoxy) is 1. The first kappa shape index (κ1) is 12.6. The number of nitrogens with one attached hydrogen (secondary N) is 1. The summed E-state index contributed by atoms with van der Waals surface area (Å²) in [6.45, 7) is 0.878. The van der Waals surface area contributed by atoms with E-state index in [0.717, 1.165) is 29.4 Å². The first-order chi connectivity index (χ1) is 8.16. The molecule has 1 heterocycles. The molecule has 1 fully saturated rings. The molecule has 0 spiro atoms. The third-order valence-electron chi connectivity index (χ3n) is 3.21. The maximum absolute atomic E-state index is 11.9. The van der Waals surface area contributed by atoms with Crippen LogP contribution in [0.4, 0.5) is 0 Å². The van der Waals surface area contributed by atoms with Crippen LogP contribution in [0.1, 0.15) is 18.4 Å². The molecular weight excluding hydrogens is 282 g/mol. The number of methoxy groups -OCH3 is 1. The number of carbonyl (C=O) groups excluding carboxylic acids is 1. The van der Waals surface area contributed by atoms with Crippen molar-refractivity contribution < 1.29 is 9.53 Å². The van der Waals surface area contributed by atoms with Crippen LogP contribution < -0.4 is 5.32 Å². The topological polar surface area (TPSA) is 38.3 Å². The van der Waals surface area contributed by atoms with Crippen molar-refractivity contribution in [3.63, 3.8) is 0 Å². The Bertz CT molecular complexity index is 414.